The van der Waals surface area contributed by atoms with Crippen LogP contribution in [0.1, 0.15) is 5.56 Å². The van der Waals surface area contributed by atoms with Crippen molar-refractivity contribution in [2.45, 2.75) is 6.61 Å². The van der Waals surface area contributed by atoms with Crippen LogP contribution in [0.25, 0.3) is 0 Å². The van der Waals surface area contributed by atoms with Crippen molar-refractivity contribution in [1.29, 1.82) is 0 Å². The summed E-state index contributed by atoms with van der Waals surface area (Å²) >= 11 is 3.27. The average molecular weight is 297 g/mol. The molecule has 0 saturated carbocycles. The van der Waals surface area contributed by atoms with Crippen molar-refractivity contribution in [2.75, 3.05) is 0 Å². The minimum atomic E-state index is -0.330. The molecule has 2 rings (SSSR count). The zero-order valence-corrected chi connectivity index (χ0v) is 10.4. The molecule has 4 heteroatoms. The molecule has 0 bridgehead atoms. The van der Waals surface area contributed by atoms with Crippen molar-refractivity contribution in [3.63, 3.8) is 0 Å². The van der Waals surface area contributed by atoms with Crippen LogP contribution in [0.5, 0.6) is 11.5 Å². The van der Waals surface area contributed by atoms with Gasteiger partial charge in [-0.3, -0.25) is 0 Å². The van der Waals surface area contributed by atoms with E-state index >= 15 is 0 Å². The molecule has 17 heavy (non-hydrogen) atoms. The van der Waals surface area contributed by atoms with Crippen molar-refractivity contribution >= 4 is 15.9 Å². The van der Waals surface area contributed by atoms with Crippen LogP contribution in [0.3, 0.4) is 0 Å². The second kappa shape index (κ2) is 5.19. The van der Waals surface area contributed by atoms with Gasteiger partial charge in [-0.1, -0.05) is 28.1 Å². The standard InChI is InChI=1S/C13H10BrFO2/c14-10-5-6-11(15)9(7-10)8-17-13-4-2-1-3-12(13)16/h1-7,16H,8H2. The highest BCUT2D eigenvalue weighted by atomic mass is 79.9. The van der Waals surface area contributed by atoms with Crippen LogP contribution in [0.15, 0.2) is 46.9 Å². The fraction of sp³-hybridized carbons (Fsp3) is 0.0769. The molecule has 2 aromatic carbocycles. The summed E-state index contributed by atoms with van der Waals surface area (Å²) in [7, 11) is 0. The van der Waals surface area contributed by atoms with Gasteiger partial charge in [0, 0.05) is 10.0 Å². The lowest BCUT2D eigenvalue weighted by Gasteiger charge is -2.08. The number of ether oxygens (including phenoxy) is 1. The quantitative estimate of drug-likeness (QED) is 0.931. The lowest BCUT2D eigenvalue weighted by molar-refractivity contribution is 0.283. The van der Waals surface area contributed by atoms with Crippen LogP contribution in [0, 0.1) is 5.82 Å². The molecule has 0 aromatic heterocycles. The molecular formula is C13H10BrFO2. The van der Waals surface area contributed by atoms with Gasteiger partial charge in [0.1, 0.15) is 12.4 Å². The summed E-state index contributed by atoms with van der Waals surface area (Å²) in [6.45, 7) is 0.0723. The predicted molar refractivity (Wildman–Crippen MR) is 66.5 cm³/mol. The van der Waals surface area contributed by atoms with E-state index in [1.807, 2.05) is 0 Å². The van der Waals surface area contributed by atoms with Gasteiger partial charge in [0.05, 0.1) is 0 Å². The Balaban J connectivity index is 2.12. The summed E-state index contributed by atoms with van der Waals surface area (Å²) in [6, 6.07) is 11.2. The maximum absolute atomic E-state index is 13.4. The molecule has 0 atom stereocenters. The maximum Gasteiger partial charge on any atom is 0.161 e. The highest BCUT2D eigenvalue weighted by molar-refractivity contribution is 9.10. The Labute approximate surface area is 107 Å². The molecule has 0 aliphatic heterocycles. The fourth-order valence-electron chi connectivity index (χ4n) is 1.39. The molecule has 0 fully saturated rings. The monoisotopic (exact) mass is 296 g/mol. The number of rotatable bonds is 3. The lowest BCUT2D eigenvalue weighted by Crippen LogP contribution is -1.98. The summed E-state index contributed by atoms with van der Waals surface area (Å²) in [4.78, 5) is 0. The van der Waals surface area contributed by atoms with E-state index in [0.29, 0.717) is 11.3 Å². The largest absolute Gasteiger partial charge is 0.504 e. The van der Waals surface area contributed by atoms with Crippen LogP contribution < -0.4 is 4.74 Å². The summed E-state index contributed by atoms with van der Waals surface area (Å²) in [5, 5.41) is 9.48. The topological polar surface area (TPSA) is 29.5 Å². The molecule has 0 spiro atoms. The molecule has 2 aromatic rings. The fourth-order valence-corrected chi connectivity index (χ4v) is 1.80. The number of benzene rings is 2. The SMILES string of the molecule is Oc1ccccc1OCc1cc(Br)ccc1F. The lowest BCUT2D eigenvalue weighted by atomic mass is 10.2. The van der Waals surface area contributed by atoms with E-state index in [9.17, 15) is 9.50 Å². The first kappa shape index (κ1) is 11.9. The number of aromatic hydroxyl groups is 1. The zero-order valence-electron chi connectivity index (χ0n) is 8.86. The third-order valence-electron chi connectivity index (χ3n) is 2.26. The predicted octanol–water partition coefficient (Wildman–Crippen LogP) is 3.87. The molecule has 0 unspecified atom stereocenters. The van der Waals surface area contributed by atoms with Gasteiger partial charge < -0.3 is 9.84 Å². The van der Waals surface area contributed by atoms with E-state index in [2.05, 4.69) is 15.9 Å². The molecule has 0 saturated heterocycles. The number of hydrogen-bond donors (Lipinski definition) is 1. The van der Waals surface area contributed by atoms with Gasteiger partial charge in [0.2, 0.25) is 0 Å². The number of phenols is 1. The van der Waals surface area contributed by atoms with E-state index in [1.165, 1.54) is 12.1 Å². The van der Waals surface area contributed by atoms with Gasteiger partial charge >= 0.3 is 0 Å². The minimum absolute atomic E-state index is 0.0444. The molecule has 0 radical (unpaired) electrons. The van der Waals surface area contributed by atoms with E-state index in [4.69, 9.17) is 4.74 Å². The van der Waals surface area contributed by atoms with Gasteiger partial charge in [0.25, 0.3) is 0 Å². The maximum atomic E-state index is 13.4. The average Bonchev–Trinajstić information content (AvgIpc) is 2.32. The van der Waals surface area contributed by atoms with Crippen molar-refractivity contribution in [3.05, 3.63) is 58.3 Å². The second-order valence-corrected chi connectivity index (χ2v) is 4.41. The minimum Gasteiger partial charge on any atom is -0.504 e. The summed E-state index contributed by atoms with van der Waals surface area (Å²) in [5.74, 6) is 0.0541. The van der Waals surface area contributed by atoms with Gasteiger partial charge in [-0.2, -0.15) is 0 Å². The normalized spacial score (nSPS) is 10.2. The van der Waals surface area contributed by atoms with E-state index in [0.717, 1.165) is 4.47 Å². The Morgan fingerprint density at radius 2 is 1.94 bits per heavy atom. The molecule has 2 nitrogen and oxygen atoms in total. The van der Waals surface area contributed by atoms with Crippen molar-refractivity contribution < 1.29 is 14.2 Å². The number of hydrogen-bond acceptors (Lipinski definition) is 2. The van der Waals surface area contributed by atoms with Crippen LogP contribution >= 0.6 is 15.9 Å². The molecule has 88 valence electrons. The Kier molecular flexibility index (Phi) is 3.64. The summed E-state index contributed by atoms with van der Waals surface area (Å²) in [6.07, 6.45) is 0. The third kappa shape index (κ3) is 2.97. The first-order valence-electron chi connectivity index (χ1n) is 5.01. The molecule has 0 heterocycles. The van der Waals surface area contributed by atoms with E-state index in [-0.39, 0.29) is 18.2 Å². The molecule has 0 aliphatic rings. The summed E-state index contributed by atoms with van der Waals surface area (Å²) < 4.78 is 19.5. The first-order valence-corrected chi connectivity index (χ1v) is 5.81. The molecule has 1 N–H and O–H groups in total. The van der Waals surface area contributed by atoms with Crippen LogP contribution in [-0.2, 0) is 6.61 Å². The van der Waals surface area contributed by atoms with E-state index < -0.39 is 0 Å². The second-order valence-electron chi connectivity index (χ2n) is 3.49. The Hall–Kier alpha value is -1.55. The van der Waals surface area contributed by atoms with Gasteiger partial charge in [0.15, 0.2) is 11.5 Å². The highest BCUT2D eigenvalue weighted by Crippen LogP contribution is 2.26. The Morgan fingerprint density at radius 3 is 2.71 bits per heavy atom. The van der Waals surface area contributed by atoms with Gasteiger partial charge in [-0.05, 0) is 30.3 Å². The van der Waals surface area contributed by atoms with Crippen molar-refractivity contribution in [3.8, 4) is 11.5 Å². The van der Waals surface area contributed by atoms with Gasteiger partial charge in [-0.25, -0.2) is 4.39 Å². The number of para-hydroxylation sites is 2. The number of halogens is 2. The van der Waals surface area contributed by atoms with Gasteiger partial charge in [-0.15, -0.1) is 0 Å². The first-order chi connectivity index (χ1) is 8.16. The van der Waals surface area contributed by atoms with E-state index in [1.54, 1.807) is 30.3 Å². The molecule has 0 aliphatic carbocycles. The summed E-state index contributed by atoms with van der Waals surface area (Å²) in [5.41, 5.74) is 0.433. The molecular weight excluding hydrogens is 287 g/mol. The van der Waals surface area contributed by atoms with Crippen molar-refractivity contribution in [1.82, 2.24) is 0 Å². The Bertz CT molecular complexity index is 529. The van der Waals surface area contributed by atoms with Crippen molar-refractivity contribution in [2.24, 2.45) is 0 Å². The highest BCUT2D eigenvalue weighted by Gasteiger charge is 2.05. The third-order valence-corrected chi connectivity index (χ3v) is 2.75. The molecule has 0 amide bonds. The van der Waals surface area contributed by atoms with Crippen LogP contribution in [0.4, 0.5) is 4.39 Å². The van der Waals surface area contributed by atoms with Crippen LogP contribution in [0.2, 0.25) is 0 Å². The zero-order chi connectivity index (χ0) is 12.3. The smallest absolute Gasteiger partial charge is 0.161 e. The number of phenolic OH excluding ortho intramolecular Hbond substituents is 1. The Morgan fingerprint density at radius 1 is 1.18 bits per heavy atom. The van der Waals surface area contributed by atoms with Crippen LogP contribution in [-0.4, -0.2) is 5.11 Å².